The minimum Gasteiger partial charge on any atom is -0.496 e. The van der Waals surface area contributed by atoms with Crippen LogP contribution in [-0.2, 0) is 4.74 Å². The Morgan fingerprint density at radius 3 is 2.84 bits per heavy atom. The Morgan fingerprint density at radius 2 is 2.20 bits per heavy atom. The molecule has 25 heavy (non-hydrogen) atoms. The number of amides is 1. The molecule has 7 heteroatoms. The number of aromatic nitrogens is 2. The summed E-state index contributed by atoms with van der Waals surface area (Å²) in [4.78, 5) is 13.6. The third kappa shape index (κ3) is 3.89. The first-order chi connectivity index (χ1) is 12.2. The molecule has 2 heterocycles. The van der Waals surface area contributed by atoms with E-state index in [-0.39, 0.29) is 12.0 Å². The van der Waals surface area contributed by atoms with Gasteiger partial charge in [0.05, 0.1) is 18.9 Å². The zero-order valence-electron chi connectivity index (χ0n) is 14.0. The second-order valence-corrected chi connectivity index (χ2v) is 6.33. The molecule has 0 saturated heterocycles. The molecule has 0 aliphatic heterocycles. The van der Waals surface area contributed by atoms with Gasteiger partial charge in [0.1, 0.15) is 11.9 Å². The van der Waals surface area contributed by atoms with E-state index in [4.69, 9.17) is 9.47 Å². The molecule has 0 bridgehead atoms. The molecule has 0 saturated carbocycles. The van der Waals surface area contributed by atoms with Crippen LogP contribution in [0.4, 0.5) is 0 Å². The van der Waals surface area contributed by atoms with Gasteiger partial charge in [0.2, 0.25) is 0 Å². The highest BCUT2D eigenvalue weighted by Gasteiger charge is 2.17. The number of hydrogen-bond acceptors (Lipinski definition) is 5. The average Bonchev–Trinajstić information content (AvgIpc) is 3.35. The van der Waals surface area contributed by atoms with Crippen molar-refractivity contribution in [2.45, 2.75) is 6.10 Å². The largest absolute Gasteiger partial charge is 0.496 e. The minimum atomic E-state index is -0.200. The van der Waals surface area contributed by atoms with Crippen molar-refractivity contribution in [3.05, 3.63) is 58.5 Å². The molecule has 1 atom stereocenters. The molecule has 2 aromatic heterocycles. The van der Waals surface area contributed by atoms with Crippen LogP contribution < -0.4 is 10.1 Å². The first kappa shape index (κ1) is 17.2. The number of carbonyl (C=O) groups is 1. The lowest BCUT2D eigenvalue weighted by atomic mass is 10.1. The monoisotopic (exact) mass is 357 g/mol. The number of H-pyrrole nitrogens is 1. The summed E-state index contributed by atoms with van der Waals surface area (Å²) in [6.45, 7) is 0.391. The summed E-state index contributed by atoms with van der Waals surface area (Å²) < 4.78 is 10.8. The molecule has 0 aliphatic carbocycles. The molecule has 1 aromatic carbocycles. The Balaban J connectivity index is 1.73. The van der Waals surface area contributed by atoms with Gasteiger partial charge < -0.3 is 14.8 Å². The lowest BCUT2D eigenvalue weighted by Crippen LogP contribution is -2.29. The number of methoxy groups -OCH3 is 2. The van der Waals surface area contributed by atoms with Gasteiger partial charge in [0, 0.05) is 30.3 Å². The number of aromatic amines is 1. The first-order valence-electron chi connectivity index (χ1n) is 7.74. The zero-order chi connectivity index (χ0) is 17.6. The summed E-state index contributed by atoms with van der Waals surface area (Å²) in [5.41, 5.74) is 2.34. The number of thiophene rings is 1. The molecule has 1 amide bonds. The van der Waals surface area contributed by atoms with Crippen molar-refractivity contribution >= 4 is 17.2 Å². The Kier molecular flexibility index (Phi) is 5.47. The Bertz CT molecular complexity index is 816. The summed E-state index contributed by atoms with van der Waals surface area (Å²) in [5.74, 6) is 0.315. The molecular weight excluding hydrogens is 338 g/mol. The smallest absolute Gasteiger partial charge is 0.255 e. The predicted molar refractivity (Wildman–Crippen MR) is 97.0 cm³/mol. The standard InChI is InChI=1S/C18H19N3O3S/c1-23-15-8-12(13-9-20-21-10-13)5-6-14(15)18(22)19-11-16(24-2)17-4-3-7-25-17/h3-10,16H,11H2,1-2H3,(H,19,22)(H,20,21). The van der Waals surface area contributed by atoms with Crippen LogP contribution >= 0.6 is 11.3 Å². The number of nitrogens with zero attached hydrogens (tertiary/aromatic N) is 1. The summed E-state index contributed by atoms with van der Waals surface area (Å²) in [6, 6.07) is 9.41. The lowest BCUT2D eigenvalue weighted by Gasteiger charge is -2.16. The van der Waals surface area contributed by atoms with Gasteiger partial charge in [-0.25, -0.2) is 0 Å². The van der Waals surface area contributed by atoms with Crippen LogP contribution in [0.15, 0.2) is 48.1 Å². The molecule has 6 nitrogen and oxygen atoms in total. The highest BCUT2D eigenvalue weighted by molar-refractivity contribution is 7.10. The molecule has 3 rings (SSSR count). The van der Waals surface area contributed by atoms with Gasteiger partial charge in [-0.1, -0.05) is 12.1 Å². The zero-order valence-corrected chi connectivity index (χ0v) is 14.8. The van der Waals surface area contributed by atoms with Crippen LogP contribution in [0.1, 0.15) is 21.3 Å². The molecule has 0 radical (unpaired) electrons. The highest BCUT2D eigenvalue weighted by atomic mass is 32.1. The van der Waals surface area contributed by atoms with E-state index in [1.54, 1.807) is 44.0 Å². The maximum Gasteiger partial charge on any atom is 0.255 e. The highest BCUT2D eigenvalue weighted by Crippen LogP contribution is 2.27. The quantitative estimate of drug-likeness (QED) is 0.680. The third-order valence-corrected chi connectivity index (χ3v) is 4.84. The van der Waals surface area contributed by atoms with Crippen LogP contribution in [0.2, 0.25) is 0 Å². The molecule has 1 unspecified atom stereocenters. The first-order valence-corrected chi connectivity index (χ1v) is 8.62. The van der Waals surface area contributed by atoms with Crippen molar-refractivity contribution in [1.29, 1.82) is 0 Å². The molecule has 3 aromatic rings. The molecule has 130 valence electrons. The van der Waals surface area contributed by atoms with Crippen molar-refractivity contribution < 1.29 is 14.3 Å². The second-order valence-electron chi connectivity index (χ2n) is 5.35. The van der Waals surface area contributed by atoms with E-state index >= 15 is 0 Å². The molecule has 0 spiro atoms. The fraction of sp³-hybridized carbons (Fsp3) is 0.222. The van der Waals surface area contributed by atoms with Gasteiger partial charge in [-0.05, 0) is 29.1 Å². The maximum absolute atomic E-state index is 12.6. The Hall–Kier alpha value is -2.64. The normalized spacial score (nSPS) is 11.9. The Labute approximate surface area is 149 Å². The fourth-order valence-corrected chi connectivity index (χ4v) is 3.33. The third-order valence-electron chi connectivity index (χ3n) is 3.87. The van der Waals surface area contributed by atoms with Gasteiger partial charge in [-0.15, -0.1) is 11.3 Å². The lowest BCUT2D eigenvalue weighted by molar-refractivity contribution is 0.0835. The SMILES string of the molecule is COc1cc(-c2cn[nH]c2)ccc1C(=O)NCC(OC)c1cccs1. The molecule has 0 aliphatic rings. The van der Waals surface area contributed by atoms with Crippen LogP contribution in [0.3, 0.4) is 0 Å². The fourth-order valence-electron chi connectivity index (χ4n) is 2.52. The second kappa shape index (κ2) is 7.96. The summed E-state index contributed by atoms with van der Waals surface area (Å²) in [6.07, 6.45) is 3.34. The van der Waals surface area contributed by atoms with E-state index in [2.05, 4.69) is 15.5 Å². The van der Waals surface area contributed by atoms with Crippen LogP contribution in [0.5, 0.6) is 5.75 Å². The van der Waals surface area contributed by atoms with Crippen molar-refractivity contribution in [3.63, 3.8) is 0 Å². The topological polar surface area (TPSA) is 76.2 Å². The minimum absolute atomic E-state index is 0.167. The van der Waals surface area contributed by atoms with Gasteiger partial charge >= 0.3 is 0 Å². The van der Waals surface area contributed by atoms with E-state index in [9.17, 15) is 4.79 Å². The average molecular weight is 357 g/mol. The maximum atomic E-state index is 12.6. The summed E-state index contributed by atoms with van der Waals surface area (Å²) in [7, 11) is 3.19. The molecule has 0 fully saturated rings. The van der Waals surface area contributed by atoms with E-state index in [1.165, 1.54) is 0 Å². The van der Waals surface area contributed by atoms with Gasteiger partial charge in [-0.2, -0.15) is 5.10 Å². The van der Waals surface area contributed by atoms with Gasteiger partial charge in [0.15, 0.2) is 0 Å². The molecule has 2 N–H and O–H groups in total. The van der Waals surface area contributed by atoms with Crippen molar-refractivity contribution in [1.82, 2.24) is 15.5 Å². The van der Waals surface area contributed by atoms with Crippen LogP contribution in [0, 0.1) is 0 Å². The number of hydrogen-bond donors (Lipinski definition) is 2. The Morgan fingerprint density at radius 1 is 1.32 bits per heavy atom. The van der Waals surface area contributed by atoms with Crippen LogP contribution in [-0.4, -0.2) is 36.9 Å². The summed E-state index contributed by atoms with van der Waals surface area (Å²) >= 11 is 1.60. The number of rotatable bonds is 7. The van der Waals surface area contributed by atoms with E-state index in [1.807, 2.05) is 29.6 Å². The number of ether oxygens (including phenoxy) is 2. The van der Waals surface area contributed by atoms with Crippen molar-refractivity contribution in [2.24, 2.45) is 0 Å². The predicted octanol–water partition coefficient (Wildman–Crippen LogP) is 3.26. The number of nitrogens with one attached hydrogen (secondary N) is 2. The van der Waals surface area contributed by atoms with E-state index in [0.717, 1.165) is 16.0 Å². The van der Waals surface area contributed by atoms with E-state index < -0.39 is 0 Å². The number of benzene rings is 1. The van der Waals surface area contributed by atoms with Gasteiger partial charge in [-0.3, -0.25) is 9.89 Å². The molecular formula is C18H19N3O3S. The summed E-state index contributed by atoms with van der Waals surface area (Å²) in [5, 5.41) is 11.6. The van der Waals surface area contributed by atoms with Gasteiger partial charge in [0.25, 0.3) is 5.91 Å². The number of carbonyl (C=O) groups excluding carboxylic acids is 1. The van der Waals surface area contributed by atoms with Crippen LogP contribution in [0.25, 0.3) is 11.1 Å². The van der Waals surface area contributed by atoms with Crippen molar-refractivity contribution in [3.8, 4) is 16.9 Å². The van der Waals surface area contributed by atoms with Crippen molar-refractivity contribution in [2.75, 3.05) is 20.8 Å². The van der Waals surface area contributed by atoms with E-state index in [0.29, 0.717) is 17.9 Å².